The van der Waals surface area contributed by atoms with E-state index in [1.807, 2.05) is 0 Å². The van der Waals surface area contributed by atoms with Crippen molar-refractivity contribution < 1.29 is 0 Å². The molecule has 2 nitrogen and oxygen atoms in total. The number of nitrogens with zero attached hydrogens (tertiary/aromatic N) is 1. The number of hydrogen-bond acceptors (Lipinski definition) is 2. The fraction of sp³-hybridized carbons (Fsp3) is 1.00. The zero-order chi connectivity index (χ0) is 13.9. The lowest BCUT2D eigenvalue weighted by atomic mass is 9.70. The molecule has 2 heteroatoms. The quantitative estimate of drug-likeness (QED) is 0.817. The molecule has 112 valence electrons. The van der Waals surface area contributed by atoms with Crippen LogP contribution in [0.25, 0.3) is 0 Å². The highest BCUT2D eigenvalue weighted by Gasteiger charge is 2.31. The fourth-order valence-electron chi connectivity index (χ4n) is 4.20. The molecule has 1 N–H and O–H groups in total. The Kier molecular flexibility index (Phi) is 5.30. The van der Waals surface area contributed by atoms with Gasteiger partial charge in [0, 0.05) is 25.2 Å². The predicted molar refractivity (Wildman–Crippen MR) is 83.5 cm³/mol. The molecule has 0 amide bonds. The van der Waals surface area contributed by atoms with Crippen LogP contribution in [-0.2, 0) is 0 Å². The summed E-state index contributed by atoms with van der Waals surface area (Å²) in [7, 11) is 2.31. The van der Waals surface area contributed by atoms with Crippen LogP contribution in [0.1, 0.15) is 65.7 Å². The lowest BCUT2D eigenvalue weighted by Gasteiger charge is -2.40. The Morgan fingerprint density at radius 2 is 1.84 bits per heavy atom. The highest BCUT2D eigenvalue weighted by Crippen LogP contribution is 2.38. The lowest BCUT2D eigenvalue weighted by molar-refractivity contribution is 0.144. The van der Waals surface area contributed by atoms with E-state index in [1.165, 1.54) is 58.0 Å². The minimum atomic E-state index is 0.568. The van der Waals surface area contributed by atoms with Crippen molar-refractivity contribution in [1.29, 1.82) is 0 Å². The maximum atomic E-state index is 3.82. The van der Waals surface area contributed by atoms with E-state index in [9.17, 15) is 0 Å². The summed E-state index contributed by atoms with van der Waals surface area (Å²) in [5.41, 5.74) is 0.568. The number of rotatable bonds is 5. The van der Waals surface area contributed by atoms with Crippen molar-refractivity contribution in [1.82, 2.24) is 10.2 Å². The molecule has 0 aromatic carbocycles. The lowest BCUT2D eigenvalue weighted by Crippen LogP contribution is -2.45. The van der Waals surface area contributed by atoms with E-state index in [1.54, 1.807) is 0 Å². The van der Waals surface area contributed by atoms with Gasteiger partial charge in [-0.2, -0.15) is 0 Å². The molecule has 19 heavy (non-hydrogen) atoms. The monoisotopic (exact) mass is 266 g/mol. The predicted octanol–water partition coefficient (Wildman–Crippen LogP) is 3.67. The minimum absolute atomic E-state index is 0.568. The summed E-state index contributed by atoms with van der Waals surface area (Å²) in [5.74, 6) is 0.834. The molecule has 0 aromatic rings. The van der Waals surface area contributed by atoms with Gasteiger partial charge >= 0.3 is 0 Å². The van der Waals surface area contributed by atoms with E-state index in [4.69, 9.17) is 0 Å². The SMILES string of the molecule is CC1CC(C)(C)CCC1NCCN(C)C1CCCC1. The Labute approximate surface area is 120 Å². The van der Waals surface area contributed by atoms with E-state index in [2.05, 4.69) is 38.0 Å². The highest BCUT2D eigenvalue weighted by atomic mass is 15.1. The standard InChI is InChI=1S/C17H34N2/c1-14-13-17(2,3)10-9-16(14)18-11-12-19(4)15-7-5-6-8-15/h14-16,18H,5-13H2,1-4H3. The van der Waals surface area contributed by atoms with Crippen LogP contribution in [0.3, 0.4) is 0 Å². The summed E-state index contributed by atoms with van der Waals surface area (Å²) >= 11 is 0. The van der Waals surface area contributed by atoms with Gasteiger partial charge in [0.25, 0.3) is 0 Å². The third kappa shape index (κ3) is 4.46. The first kappa shape index (κ1) is 15.3. The Hall–Kier alpha value is -0.0800. The summed E-state index contributed by atoms with van der Waals surface area (Å²) in [6.07, 6.45) is 9.85. The van der Waals surface area contributed by atoms with Crippen molar-refractivity contribution in [3.8, 4) is 0 Å². The van der Waals surface area contributed by atoms with Gasteiger partial charge in [-0.25, -0.2) is 0 Å². The molecular formula is C17H34N2. The summed E-state index contributed by atoms with van der Waals surface area (Å²) in [6, 6.07) is 1.62. The van der Waals surface area contributed by atoms with Gasteiger partial charge in [-0.05, 0) is 50.5 Å². The number of nitrogens with one attached hydrogen (secondary N) is 1. The van der Waals surface area contributed by atoms with Crippen LogP contribution >= 0.6 is 0 Å². The molecule has 0 aromatic heterocycles. The molecule has 2 aliphatic carbocycles. The van der Waals surface area contributed by atoms with Crippen molar-refractivity contribution >= 4 is 0 Å². The summed E-state index contributed by atoms with van der Waals surface area (Å²) < 4.78 is 0. The van der Waals surface area contributed by atoms with Crippen LogP contribution in [0, 0.1) is 11.3 Å². The van der Waals surface area contributed by atoms with Gasteiger partial charge in [0.2, 0.25) is 0 Å². The van der Waals surface area contributed by atoms with E-state index >= 15 is 0 Å². The number of likely N-dealkylation sites (N-methyl/N-ethyl adjacent to an activating group) is 1. The molecule has 0 radical (unpaired) electrons. The van der Waals surface area contributed by atoms with Crippen molar-refractivity contribution in [3.05, 3.63) is 0 Å². The van der Waals surface area contributed by atoms with Gasteiger partial charge in [-0.15, -0.1) is 0 Å². The molecular weight excluding hydrogens is 232 g/mol. The fourth-order valence-corrected chi connectivity index (χ4v) is 4.20. The average Bonchev–Trinajstić information content (AvgIpc) is 2.84. The molecule has 2 aliphatic rings. The van der Waals surface area contributed by atoms with Gasteiger partial charge in [-0.1, -0.05) is 33.6 Å². The molecule has 0 heterocycles. The van der Waals surface area contributed by atoms with Crippen LogP contribution in [-0.4, -0.2) is 37.1 Å². The normalized spacial score (nSPS) is 32.1. The van der Waals surface area contributed by atoms with Crippen LogP contribution in [0.5, 0.6) is 0 Å². The molecule has 0 saturated heterocycles. The molecule has 2 rings (SSSR count). The van der Waals surface area contributed by atoms with Crippen molar-refractivity contribution in [2.24, 2.45) is 11.3 Å². The van der Waals surface area contributed by atoms with Crippen molar-refractivity contribution in [3.63, 3.8) is 0 Å². The zero-order valence-electron chi connectivity index (χ0n) is 13.5. The molecule has 2 saturated carbocycles. The Morgan fingerprint density at radius 1 is 1.16 bits per heavy atom. The third-order valence-corrected chi connectivity index (χ3v) is 5.51. The minimum Gasteiger partial charge on any atom is -0.312 e. The van der Waals surface area contributed by atoms with E-state index < -0.39 is 0 Å². The maximum absolute atomic E-state index is 3.82. The third-order valence-electron chi connectivity index (χ3n) is 5.51. The first-order chi connectivity index (χ1) is 8.98. The van der Waals surface area contributed by atoms with Gasteiger partial charge in [0.15, 0.2) is 0 Å². The largest absolute Gasteiger partial charge is 0.312 e. The van der Waals surface area contributed by atoms with Crippen molar-refractivity contribution in [2.75, 3.05) is 20.1 Å². The topological polar surface area (TPSA) is 15.3 Å². The molecule has 2 fully saturated rings. The second-order valence-corrected chi connectivity index (χ2v) is 7.86. The summed E-state index contributed by atoms with van der Waals surface area (Å²) in [5, 5.41) is 3.82. The zero-order valence-corrected chi connectivity index (χ0v) is 13.5. The van der Waals surface area contributed by atoms with Crippen LogP contribution in [0.15, 0.2) is 0 Å². The molecule has 2 unspecified atom stereocenters. The van der Waals surface area contributed by atoms with Crippen LogP contribution in [0.2, 0.25) is 0 Å². The van der Waals surface area contributed by atoms with E-state index in [0.29, 0.717) is 5.41 Å². The molecule has 0 aliphatic heterocycles. The Balaban J connectivity index is 1.65. The summed E-state index contributed by atoms with van der Waals surface area (Å²) in [6.45, 7) is 9.67. The van der Waals surface area contributed by atoms with Gasteiger partial charge in [0.05, 0.1) is 0 Å². The highest BCUT2D eigenvalue weighted by molar-refractivity contribution is 4.87. The molecule has 2 atom stereocenters. The van der Waals surface area contributed by atoms with Crippen LogP contribution < -0.4 is 5.32 Å². The first-order valence-electron chi connectivity index (χ1n) is 8.41. The molecule has 0 bridgehead atoms. The van der Waals surface area contributed by atoms with Gasteiger partial charge < -0.3 is 10.2 Å². The second-order valence-electron chi connectivity index (χ2n) is 7.86. The Bertz CT molecular complexity index is 268. The first-order valence-corrected chi connectivity index (χ1v) is 8.41. The van der Waals surface area contributed by atoms with Crippen LogP contribution in [0.4, 0.5) is 0 Å². The number of hydrogen-bond donors (Lipinski definition) is 1. The second kappa shape index (κ2) is 6.58. The van der Waals surface area contributed by atoms with Gasteiger partial charge in [0.1, 0.15) is 0 Å². The molecule has 0 spiro atoms. The van der Waals surface area contributed by atoms with E-state index in [-0.39, 0.29) is 0 Å². The van der Waals surface area contributed by atoms with Gasteiger partial charge in [-0.3, -0.25) is 0 Å². The summed E-state index contributed by atoms with van der Waals surface area (Å²) in [4.78, 5) is 2.58. The Morgan fingerprint density at radius 3 is 2.47 bits per heavy atom. The average molecular weight is 266 g/mol. The maximum Gasteiger partial charge on any atom is 0.0107 e. The van der Waals surface area contributed by atoms with Crippen molar-refractivity contribution in [2.45, 2.75) is 77.8 Å². The smallest absolute Gasteiger partial charge is 0.0107 e. The van der Waals surface area contributed by atoms with E-state index in [0.717, 1.165) is 18.0 Å².